The lowest BCUT2D eigenvalue weighted by molar-refractivity contribution is -0.116. The van der Waals surface area contributed by atoms with Gasteiger partial charge in [0.1, 0.15) is 11.6 Å². The fourth-order valence-electron chi connectivity index (χ4n) is 4.42. The van der Waals surface area contributed by atoms with E-state index in [0.717, 1.165) is 38.6 Å². The fraction of sp³-hybridized carbons (Fsp3) is 0.148. The van der Waals surface area contributed by atoms with Gasteiger partial charge < -0.3 is 10.1 Å². The van der Waals surface area contributed by atoms with Gasteiger partial charge in [0, 0.05) is 29.9 Å². The quantitative estimate of drug-likeness (QED) is 0.355. The van der Waals surface area contributed by atoms with E-state index < -0.39 is 0 Å². The predicted molar refractivity (Wildman–Crippen MR) is 134 cm³/mol. The molecule has 0 fully saturated rings. The van der Waals surface area contributed by atoms with Crippen molar-refractivity contribution >= 4 is 33.3 Å². The van der Waals surface area contributed by atoms with Crippen LogP contribution in [0.15, 0.2) is 85.1 Å². The summed E-state index contributed by atoms with van der Waals surface area (Å²) in [4.78, 5) is 17.5. The number of para-hydroxylation sites is 2. The summed E-state index contributed by atoms with van der Waals surface area (Å²) in [6.45, 7) is 0.567. The van der Waals surface area contributed by atoms with Gasteiger partial charge in [0.15, 0.2) is 0 Å². The number of hydrogen-bond acceptors (Lipinski definition) is 5. The molecule has 0 unspecified atom stereocenters. The van der Waals surface area contributed by atoms with Gasteiger partial charge in [0.05, 0.1) is 23.0 Å². The average molecular weight is 467 g/mol. The van der Waals surface area contributed by atoms with Crippen LogP contribution >= 0.6 is 11.3 Å². The summed E-state index contributed by atoms with van der Waals surface area (Å²) in [5, 5.41) is 8.37. The molecule has 1 aliphatic rings. The molecule has 0 saturated heterocycles. The van der Waals surface area contributed by atoms with Gasteiger partial charge in [0.2, 0.25) is 11.0 Å². The Bertz CT molecular complexity index is 1440. The third-order valence-corrected chi connectivity index (χ3v) is 7.08. The first-order valence-corrected chi connectivity index (χ1v) is 12.1. The number of hydrogen-bond donors (Lipinski definition) is 1. The van der Waals surface area contributed by atoms with Crippen LogP contribution in [0.4, 0.5) is 5.82 Å². The van der Waals surface area contributed by atoms with Crippen molar-refractivity contribution in [2.45, 2.75) is 18.8 Å². The molecule has 5 aromatic rings. The fourth-order valence-corrected chi connectivity index (χ4v) is 5.35. The maximum atomic E-state index is 12.8. The van der Waals surface area contributed by atoms with Gasteiger partial charge >= 0.3 is 0 Å². The van der Waals surface area contributed by atoms with Crippen LogP contribution in [0.5, 0.6) is 5.75 Å². The Labute approximate surface area is 200 Å². The molecular weight excluding hydrogens is 444 g/mol. The molecule has 7 heteroatoms. The molecule has 1 atom stereocenters. The predicted octanol–water partition coefficient (Wildman–Crippen LogP) is 5.58. The normalized spacial score (nSPS) is 15.2. The number of nitrogens with one attached hydrogen (secondary N) is 1. The summed E-state index contributed by atoms with van der Waals surface area (Å²) in [6.07, 6.45) is 3.00. The minimum atomic E-state index is -0.139. The Morgan fingerprint density at radius 1 is 0.971 bits per heavy atom. The Hall–Kier alpha value is -3.97. The second-order valence-corrected chi connectivity index (χ2v) is 9.26. The van der Waals surface area contributed by atoms with E-state index >= 15 is 0 Å². The van der Waals surface area contributed by atoms with E-state index in [4.69, 9.17) is 9.72 Å². The summed E-state index contributed by atoms with van der Waals surface area (Å²) in [7, 11) is 0. The van der Waals surface area contributed by atoms with Gasteiger partial charge in [0.25, 0.3) is 0 Å². The van der Waals surface area contributed by atoms with Crippen molar-refractivity contribution in [1.82, 2.24) is 14.8 Å². The van der Waals surface area contributed by atoms with E-state index in [1.807, 2.05) is 72.9 Å². The van der Waals surface area contributed by atoms with Crippen LogP contribution in [-0.4, -0.2) is 27.3 Å². The second kappa shape index (κ2) is 8.76. The molecule has 168 valence electrons. The first-order valence-electron chi connectivity index (χ1n) is 11.3. The molecule has 34 heavy (non-hydrogen) atoms. The van der Waals surface area contributed by atoms with Crippen molar-refractivity contribution in [2.24, 2.45) is 0 Å². The van der Waals surface area contributed by atoms with E-state index in [1.54, 1.807) is 16.0 Å². The van der Waals surface area contributed by atoms with Crippen LogP contribution < -0.4 is 10.1 Å². The van der Waals surface area contributed by atoms with Crippen molar-refractivity contribution in [3.05, 3.63) is 102 Å². The first-order chi connectivity index (χ1) is 16.8. The van der Waals surface area contributed by atoms with Crippen molar-refractivity contribution < 1.29 is 9.53 Å². The van der Waals surface area contributed by atoms with Crippen LogP contribution in [-0.2, 0) is 11.2 Å². The number of thiazole rings is 1. The molecule has 0 aliphatic carbocycles. The number of anilines is 1. The van der Waals surface area contributed by atoms with Crippen LogP contribution in [0.2, 0.25) is 0 Å². The van der Waals surface area contributed by atoms with Crippen molar-refractivity contribution in [1.29, 1.82) is 0 Å². The highest BCUT2D eigenvalue weighted by Crippen LogP contribution is 2.42. The number of rotatable bonds is 6. The highest BCUT2D eigenvalue weighted by molar-refractivity contribution is 7.20. The molecule has 3 heterocycles. The maximum Gasteiger partial charge on any atom is 0.226 e. The second-order valence-electron chi connectivity index (χ2n) is 8.25. The first kappa shape index (κ1) is 20.6. The lowest BCUT2D eigenvalue weighted by Crippen LogP contribution is -2.25. The van der Waals surface area contributed by atoms with E-state index in [0.29, 0.717) is 18.8 Å². The minimum absolute atomic E-state index is 0.0422. The standard InChI is InChI=1S/C27H22N4O2S/c32-25-16-20(19-10-4-6-12-23(19)33-15-14-18-8-2-1-3-9-18)21-17-28-31(26(21)30-25)27-29-22-11-5-7-13-24(22)34-27/h1-13,17,20H,14-16H2,(H,30,32)/t20-/m0/s1. The van der Waals surface area contributed by atoms with Gasteiger partial charge in [-0.2, -0.15) is 9.78 Å². The molecule has 6 rings (SSSR count). The molecule has 1 amide bonds. The van der Waals surface area contributed by atoms with E-state index in [2.05, 4.69) is 22.5 Å². The number of benzene rings is 3. The highest BCUT2D eigenvalue weighted by Gasteiger charge is 2.32. The van der Waals surface area contributed by atoms with Gasteiger partial charge in [-0.05, 0) is 23.8 Å². The smallest absolute Gasteiger partial charge is 0.226 e. The van der Waals surface area contributed by atoms with E-state index in [-0.39, 0.29) is 11.8 Å². The molecule has 1 N–H and O–H groups in total. The van der Waals surface area contributed by atoms with Crippen molar-refractivity contribution in [3.8, 4) is 10.9 Å². The SMILES string of the molecule is O=C1C[C@@H](c2ccccc2OCCc2ccccc2)c2cnn(-c3nc4ccccc4s3)c2N1. The number of aromatic nitrogens is 3. The largest absolute Gasteiger partial charge is 0.493 e. The molecule has 0 spiro atoms. The lowest BCUT2D eigenvalue weighted by atomic mass is 9.87. The van der Waals surface area contributed by atoms with Gasteiger partial charge in [-0.15, -0.1) is 0 Å². The molecule has 1 aliphatic heterocycles. The van der Waals surface area contributed by atoms with E-state index in [1.165, 1.54) is 5.56 Å². The number of carbonyl (C=O) groups is 1. The molecule has 6 nitrogen and oxygen atoms in total. The topological polar surface area (TPSA) is 69.0 Å². The number of carbonyl (C=O) groups excluding carboxylic acids is 1. The monoisotopic (exact) mass is 466 g/mol. The van der Waals surface area contributed by atoms with Crippen molar-refractivity contribution in [3.63, 3.8) is 0 Å². The molecule has 0 radical (unpaired) electrons. The van der Waals surface area contributed by atoms with Gasteiger partial charge in [-0.3, -0.25) is 4.79 Å². The lowest BCUT2D eigenvalue weighted by Gasteiger charge is -2.25. The Kier molecular flexibility index (Phi) is 5.31. The molecule has 0 saturated carbocycles. The Morgan fingerprint density at radius 2 is 1.76 bits per heavy atom. The summed E-state index contributed by atoms with van der Waals surface area (Å²) in [5.74, 6) is 1.30. The zero-order chi connectivity index (χ0) is 22.9. The number of ether oxygens (including phenoxy) is 1. The number of fused-ring (bicyclic) bond motifs is 2. The van der Waals surface area contributed by atoms with Crippen LogP contribution in [0, 0.1) is 0 Å². The van der Waals surface area contributed by atoms with Crippen LogP contribution in [0.25, 0.3) is 15.3 Å². The Balaban J connectivity index is 1.32. The summed E-state index contributed by atoms with van der Waals surface area (Å²) >= 11 is 1.55. The third-order valence-electron chi connectivity index (χ3n) is 6.07. The van der Waals surface area contributed by atoms with E-state index in [9.17, 15) is 4.79 Å². The number of amides is 1. The number of nitrogens with zero attached hydrogens (tertiary/aromatic N) is 3. The molecular formula is C27H22N4O2S. The van der Waals surface area contributed by atoms with Crippen LogP contribution in [0.1, 0.15) is 29.0 Å². The molecule has 3 aromatic carbocycles. The highest BCUT2D eigenvalue weighted by atomic mass is 32.1. The minimum Gasteiger partial charge on any atom is -0.493 e. The van der Waals surface area contributed by atoms with Gasteiger partial charge in [-0.25, -0.2) is 4.98 Å². The maximum absolute atomic E-state index is 12.8. The van der Waals surface area contributed by atoms with Crippen molar-refractivity contribution in [2.75, 3.05) is 11.9 Å². The summed E-state index contributed by atoms with van der Waals surface area (Å²) in [6, 6.07) is 26.2. The Morgan fingerprint density at radius 3 is 2.65 bits per heavy atom. The van der Waals surface area contributed by atoms with Crippen LogP contribution in [0.3, 0.4) is 0 Å². The summed E-state index contributed by atoms with van der Waals surface area (Å²) in [5.41, 5.74) is 4.12. The third kappa shape index (κ3) is 3.84. The molecule has 2 aromatic heterocycles. The zero-order valence-electron chi connectivity index (χ0n) is 18.3. The zero-order valence-corrected chi connectivity index (χ0v) is 19.2. The summed E-state index contributed by atoms with van der Waals surface area (Å²) < 4.78 is 9.03. The molecule has 0 bridgehead atoms. The average Bonchev–Trinajstić information content (AvgIpc) is 3.48. The van der Waals surface area contributed by atoms with Gasteiger partial charge in [-0.1, -0.05) is 72.0 Å².